The van der Waals surface area contributed by atoms with Crippen LogP contribution in [-0.2, 0) is 11.5 Å². The van der Waals surface area contributed by atoms with Crippen molar-refractivity contribution < 1.29 is 17.6 Å². The number of aromatic nitrogens is 2. The summed E-state index contributed by atoms with van der Waals surface area (Å²) in [5, 5.41) is 3.76. The van der Waals surface area contributed by atoms with E-state index in [9.17, 15) is 17.6 Å². The number of rotatable bonds is 2. The molecule has 0 unspecified atom stereocenters. The third-order valence-corrected chi connectivity index (χ3v) is 2.92. The summed E-state index contributed by atoms with van der Waals surface area (Å²) in [5.41, 5.74) is -0.0528. The van der Waals surface area contributed by atoms with Gasteiger partial charge in [-0.25, -0.2) is 9.07 Å². The summed E-state index contributed by atoms with van der Waals surface area (Å²) in [6.07, 6.45) is -3.29. The molecule has 18 heavy (non-hydrogen) atoms. The summed E-state index contributed by atoms with van der Waals surface area (Å²) < 4.78 is 51.4. The first kappa shape index (κ1) is 13.1. The normalized spacial score (nSPS) is 11.8. The molecule has 2 nitrogen and oxygen atoms in total. The number of nitrogens with zero attached hydrogens (tertiary/aromatic N) is 2. The molecule has 0 fully saturated rings. The van der Waals surface area contributed by atoms with Crippen molar-refractivity contribution in [2.75, 3.05) is 0 Å². The van der Waals surface area contributed by atoms with Crippen molar-refractivity contribution in [1.82, 2.24) is 9.78 Å². The summed E-state index contributed by atoms with van der Waals surface area (Å²) in [5.74, 6) is -0.448. The summed E-state index contributed by atoms with van der Waals surface area (Å²) in [4.78, 5) is 0. The molecule has 0 amide bonds. The predicted molar refractivity (Wildman–Crippen MR) is 61.2 cm³/mol. The molecule has 0 saturated heterocycles. The maximum atomic E-state index is 13.0. The molecule has 0 aliphatic heterocycles. The molecule has 0 aliphatic carbocycles. The summed E-state index contributed by atoms with van der Waals surface area (Å²) in [6.45, 7) is 0. The van der Waals surface area contributed by atoms with Crippen molar-refractivity contribution in [1.29, 1.82) is 0 Å². The van der Waals surface area contributed by atoms with Crippen molar-refractivity contribution in [3.8, 4) is 5.69 Å². The number of alkyl halides is 4. The topological polar surface area (TPSA) is 17.8 Å². The summed E-state index contributed by atoms with van der Waals surface area (Å²) in [6, 6.07) is 4.69. The van der Waals surface area contributed by atoms with Crippen LogP contribution in [0.25, 0.3) is 5.69 Å². The van der Waals surface area contributed by atoms with Gasteiger partial charge in [-0.15, -0.1) is 0 Å². The van der Waals surface area contributed by atoms with Crippen LogP contribution in [0, 0.1) is 5.82 Å². The van der Waals surface area contributed by atoms with Crippen LogP contribution in [0.1, 0.15) is 11.3 Å². The average molecular weight is 323 g/mol. The van der Waals surface area contributed by atoms with Crippen LogP contribution in [0.4, 0.5) is 17.6 Å². The average Bonchev–Trinajstić information content (AvgIpc) is 2.77. The van der Waals surface area contributed by atoms with E-state index >= 15 is 0 Å². The molecule has 0 radical (unpaired) electrons. The lowest BCUT2D eigenvalue weighted by Crippen LogP contribution is -2.08. The molecule has 0 spiro atoms. The first-order valence-corrected chi connectivity index (χ1v) is 6.01. The van der Waals surface area contributed by atoms with Gasteiger partial charge in [0, 0.05) is 11.5 Å². The molecule has 1 heterocycles. The van der Waals surface area contributed by atoms with Crippen molar-refractivity contribution >= 4 is 15.9 Å². The number of hydrogen-bond acceptors (Lipinski definition) is 1. The molecule has 2 aromatic rings. The minimum Gasteiger partial charge on any atom is -0.240 e. The Labute approximate surface area is 108 Å². The number of benzene rings is 1. The Balaban J connectivity index is 2.46. The third kappa shape index (κ3) is 2.55. The van der Waals surface area contributed by atoms with Gasteiger partial charge in [0.2, 0.25) is 0 Å². The quantitative estimate of drug-likeness (QED) is 0.605. The van der Waals surface area contributed by atoms with E-state index in [-0.39, 0.29) is 0 Å². The van der Waals surface area contributed by atoms with Gasteiger partial charge < -0.3 is 0 Å². The Morgan fingerprint density at radius 2 is 1.94 bits per heavy atom. The van der Waals surface area contributed by atoms with Gasteiger partial charge in [-0.1, -0.05) is 15.9 Å². The molecule has 7 heteroatoms. The van der Waals surface area contributed by atoms with Gasteiger partial charge in [0.15, 0.2) is 5.69 Å². The standard InChI is InChI=1S/C11H7BrF4N2/c12-6-7-5-8(13)1-2-9(7)18-4-3-10(17-18)11(14,15)16/h1-5H,6H2. The molecule has 96 valence electrons. The maximum absolute atomic E-state index is 13.0. The van der Waals surface area contributed by atoms with Gasteiger partial charge in [-0.3, -0.25) is 0 Å². The highest BCUT2D eigenvalue weighted by Gasteiger charge is 2.33. The Morgan fingerprint density at radius 3 is 2.50 bits per heavy atom. The number of hydrogen-bond donors (Lipinski definition) is 0. The molecule has 0 saturated carbocycles. The Hall–Kier alpha value is -1.37. The molecule has 0 atom stereocenters. The van der Waals surface area contributed by atoms with E-state index in [2.05, 4.69) is 21.0 Å². The molecule has 0 bridgehead atoms. The molecular formula is C11H7BrF4N2. The predicted octanol–water partition coefficient (Wildman–Crippen LogP) is 3.93. The molecule has 0 N–H and O–H groups in total. The van der Waals surface area contributed by atoms with E-state index in [1.807, 2.05) is 0 Å². The lowest BCUT2D eigenvalue weighted by molar-refractivity contribution is -0.141. The van der Waals surface area contributed by atoms with E-state index in [1.54, 1.807) is 0 Å². The van der Waals surface area contributed by atoms with Crippen LogP contribution in [0.15, 0.2) is 30.5 Å². The van der Waals surface area contributed by atoms with Crippen molar-refractivity contribution in [3.63, 3.8) is 0 Å². The Morgan fingerprint density at radius 1 is 1.22 bits per heavy atom. The molecule has 1 aromatic heterocycles. The van der Waals surface area contributed by atoms with Gasteiger partial charge >= 0.3 is 6.18 Å². The zero-order chi connectivity index (χ0) is 13.3. The minimum atomic E-state index is -4.49. The maximum Gasteiger partial charge on any atom is 0.435 e. The molecule has 1 aromatic carbocycles. The van der Waals surface area contributed by atoms with Crippen molar-refractivity contribution in [2.45, 2.75) is 11.5 Å². The summed E-state index contributed by atoms with van der Waals surface area (Å²) in [7, 11) is 0. The highest BCUT2D eigenvalue weighted by atomic mass is 79.9. The Bertz CT molecular complexity index is 562. The van der Waals surface area contributed by atoms with Crippen LogP contribution in [0.3, 0.4) is 0 Å². The minimum absolute atomic E-state index is 0.321. The van der Waals surface area contributed by atoms with Gasteiger partial charge in [-0.05, 0) is 29.8 Å². The van der Waals surface area contributed by atoms with Crippen molar-refractivity contribution in [2.24, 2.45) is 0 Å². The zero-order valence-corrected chi connectivity index (χ0v) is 10.5. The zero-order valence-electron chi connectivity index (χ0n) is 8.88. The van der Waals surface area contributed by atoms with E-state index < -0.39 is 17.7 Å². The third-order valence-electron chi connectivity index (χ3n) is 2.31. The van der Waals surface area contributed by atoms with Gasteiger partial charge in [0.25, 0.3) is 0 Å². The monoisotopic (exact) mass is 322 g/mol. The van der Waals surface area contributed by atoms with Gasteiger partial charge in [0.1, 0.15) is 5.82 Å². The van der Waals surface area contributed by atoms with Crippen LogP contribution < -0.4 is 0 Å². The smallest absolute Gasteiger partial charge is 0.240 e. The lowest BCUT2D eigenvalue weighted by atomic mass is 10.2. The van der Waals surface area contributed by atoms with E-state index in [1.165, 1.54) is 24.4 Å². The second-order valence-corrected chi connectivity index (χ2v) is 4.11. The number of halogens is 5. The SMILES string of the molecule is Fc1ccc(-n2ccc(C(F)(F)F)n2)c(CBr)c1. The fourth-order valence-electron chi connectivity index (χ4n) is 1.49. The fraction of sp³-hybridized carbons (Fsp3) is 0.182. The first-order chi connectivity index (χ1) is 8.41. The second kappa shape index (κ2) is 4.72. The molecular weight excluding hydrogens is 316 g/mol. The summed E-state index contributed by atoms with van der Waals surface area (Å²) >= 11 is 3.16. The second-order valence-electron chi connectivity index (χ2n) is 3.55. The van der Waals surface area contributed by atoms with E-state index in [0.717, 1.165) is 10.7 Å². The van der Waals surface area contributed by atoms with Crippen LogP contribution in [-0.4, -0.2) is 9.78 Å². The van der Waals surface area contributed by atoms with Crippen molar-refractivity contribution in [3.05, 3.63) is 47.5 Å². The molecule has 0 aliphatic rings. The Kier molecular flexibility index (Phi) is 3.43. The fourth-order valence-corrected chi connectivity index (χ4v) is 1.94. The molecule has 2 rings (SSSR count). The van der Waals surface area contributed by atoms with Crippen LogP contribution in [0.5, 0.6) is 0 Å². The lowest BCUT2D eigenvalue weighted by Gasteiger charge is -2.07. The first-order valence-electron chi connectivity index (χ1n) is 4.89. The van der Waals surface area contributed by atoms with Gasteiger partial charge in [0.05, 0.1) is 5.69 Å². The van der Waals surface area contributed by atoms with E-state index in [0.29, 0.717) is 16.6 Å². The highest BCUT2D eigenvalue weighted by molar-refractivity contribution is 9.08. The van der Waals surface area contributed by atoms with E-state index in [4.69, 9.17) is 0 Å². The van der Waals surface area contributed by atoms with Crippen LogP contribution in [0.2, 0.25) is 0 Å². The van der Waals surface area contributed by atoms with Crippen LogP contribution >= 0.6 is 15.9 Å². The van der Waals surface area contributed by atoms with Gasteiger partial charge in [-0.2, -0.15) is 18.3 Å². The largest absolute Gasteiger partial charge is 0.435 e. The highest BCUT2D eigenvalue weighted by Crippen LogP contribution is 2.28.